The molecular weight excluding hydrogens is 226 g/mol. The lowest BCUT2D eigenvalue weighted by Gasteiger charge is -2.07. The number of imidazole rings is 1. The molecule has 0 aliphatic rings. The van der Waals surface area contributed by atoms with Crippen LogP contribution in [0.15, 0.2) is 36.7 Å². The van der Waals surface area contributed by atoms with E-state index in [1.807, 2.05) is 25.3 Å². The summed E-state index contributed by atoms with van der Waals surface area (Å²) in [5.41, 5.74) is 0.623. The molecule has 92 valence electrons. The fourth-order valence-corrected chi connectivity index (χ4v) is 1.72. The van der Waals surface area contributed by atoms with Crippen molar-refractivity contribution in [3.8, 4) is 11.8 Å². The molecule has 1 aromatic heterocycles. The molecule has 0 saturated heterocycles. The van der Waals surface area contributed by atoms with Gasteiger partial charge in [-0.3, -0.25) is 0 Å². The Labute approximate surface area is 106 Å². The minimum atomic E-state index is 0.623. The zero-order valence-corrected chi connectivity index (χ0v) is 10.3. The summed E-state index contributed by atoms with van der Waals surface area (Å²) in [5, 5.41) is 8.77. The third-order valence-electron chi connectivity index (χ3n) is 2.70. The van der Waals surface area contributed by atoms with Gasteiger partial charge in [-0.05, 0) is 31.5 Å². The van der Waals surface area contributed by atoms with Gasteiger partial charge in [0, 0.05) is 18.9 Å². The van der Waals surface area contributed by atoms with Crippen molar-refractivity contribution < 1.29 is 4.74 Å². The standard InChI is InChI=1S/C14H15N3O/c1-12-16-6-8-17(12)7-3-9-18-14-5-2-4-13(10-14)11-15/h2,4-6,8,10H,3,7,9H2,1H3. The summed E-state index contributed by atoms with van der Waals surface area (Å²) in [6.07, 6.45) is 4.67. The summed E-state index contributed by atoms with van der Waals surface area (Å²) in [6, 6.07) is 9.30. The fraction of sp³-hybridized carbons (Fsp3) is 0.286. The number of aromatic nitrogens is 2. The van der Waals surface area contributed by atoms with E-state index in [1.165, 1.54) is 0 Å². The summed E-state index contributed by atoms with van der Waals surface area (Å²) < 4.78 is 7.69. The molecule has 0 amide bonds. The summed E-state index contributed by atoms with van der Waals surface area (Å²) in [7, 11) is 0. The Hall–Kier alpha value is -2.28. The first kappa shape index (κ1) is 12.2. The molecule has 0 bridgehead atoms. The predicted octanol–water partition coefficient (Wildman–Crippen LogP) is 2.53. The van der Waals surface area contributed by atoms with Crippen LogP contribution >= 0.6 is 0 Å². The Morgan fingerprint density at radius 2 is 2.33 bits per heavy atom. The number of aryl methyl sites for hydroxylation is 2. The van der Waals surface area contributed by atoms with Gasteiger partial charge in [0.1, 0.15) is 11.6 Å². The highest BCUT2D eigenvalue weighted by molar-refractivity contribution is 5.36. The Morgan fingerprint density at radius 1 is 1.44 bits per heavy atom. The Balaban J connectivity index is 1.79. The van der Waals surface area contributed by atoms with E-state index in [9.17, 15) is 0 Å². The van der Waals surface area contributed by atoms with Gasteiger partial charge in [-0.25, -0.2) is 4.98 Å². The molecule has 0 aliphatic heterocycles. The quantitative estimate of drug-likeness (QED) is 0.756. The van der Waals surface area contributed by atoms with Gasteiger partial charge >= 0.3 is 0 Å². The van der Waals surface area contributed by atoms with Gasteiger partial charge in [0.2, 0.25) is 0 Å². The van der Waals surface area contributed by atoms with Crippen LogP contribution in [0.5, 0.6) is 5.75 Å². The van der Waals surface area contributed by atoms with Crippen molar-refractivity contribution in [1.82, 2.24) is 9.55 Å². The van der Waals surface area contributed by atoms with Crippen LogP contribution in [-0.2, 0) is 6.54 Å². The van der Waals surface area contributed by atoms with Gasteiger partial charge in [0.05, 0.1) is 18.2 Å². The van der Waals surface area contributed by atoms with E-state index >= 15 is 0 Å². The van der Waals surface area contributed by atoms with Crippen molar-refractivity contribution in [2.24, 2.45) is 0 Å². The maximum Gasteiger partial charge on any atom is 0.120 e. The van der Waals surface area contributed by atoms with Gasteiger partial charge < -0.3 is 9.30 Å². The predicted molar refractivity (Wildman–Crippen MR) is 68.2 cm³/mol. The second kappa shape index (κ2) is 5.87. The van der Waals surface area contributed by atoms with Crippen LogP contribution in [0.1, 0.15) is 17.8 Å². The normalized spacial score (nSPS) is 10.0. The summed E-state index contributed by atoms with van der Waals surface area (Å²) in [6.45, 7) is 3.51. The van der Waals surface area contributed by atoms with Crippen molar-refractivity contribution in [3.63, 3.8) is 0 Å². The molecule has 4 nitrogen and oxygen atoms in total. The molecule has 1 heterocycles. The van der Waals surface area contributed by atoms with Crippen molar-refractivity contribution >= 4 is 0 Å². The summed E-state index contributed by atoms with van der Waals surface area (Å²) >= 11 is 0. The molecule has 2 aromatic rings. The average Bonchev–Trinajstić information content (AvgIpc) is 2.81. The van der Waals surface area contributed by atoms with Crippen LogP contribution < -0.4 is 4.74 Å². The lowest BCUT2D eigenvalue weighted by Crippen LogP contribution is -2.05. The second-order valence-electron chi connectivity index (χ2n) is 4.01. The molecule has 0 saturated carbocycles. The molecule has 0 radical (unpaired) electrons. The topological polar surface area (TPSA) is 50.8 Å². The molecule has 2 rings (SSSR count). The van der Waals surface area contributed by atoms with Gasteiger partial charge in [-0.1, -0.05) is 6.07 Å². The highest BCUT2D eigenvalue weighted by Crippen LogP contribution is 2.12. The molecule has 0 aliphatic carbocycles. The fourth-order valence-electron chi connectivity index (χ4n) is 1.72. The summed E-state index contributed by atoms with van der Waals surface area (Å²) in [4.78, 5) is 4.16. The van der Waals surface area contributed by atoms with Crippen LogP contribution in [0, 0.1) is 18.3 Å². The number of rotatable bonds is 5. The average molecular weight is 241 g/mol. The van der Waals surface area contributed by atoms with E-state index in [2.05, 4.69) is 15.6 Å². The molecular formula is C14H15N3O. The SMILES string of the molecule is Cc1nccn1CCCOc1cccc(C#N)c1. The van der Waals surface area contributed by atoms with Gasteiger partial charge in [-0.2, -0.15) is 5.26 Å². The first-order valence-electron chi connectivity index (χ1n) is 5.90. The van der Waals surface area contributed by atoms with E-state index < -0.39 is 0 Å². The zero-order chi connectivity index (χ0) is 12.8. The molecule has 4 heteroatoms. The van der Waals surface area contributed by atoms with E-state index in [0.29, 0.717) is 12.2 Å². The molecule has 0 spiro atoms. The lowest BCUT2D eigenvalue weighted by atomic mass is 10.2. The second-order valence-corrected chi connectivity index (χ2v) is 4.01. The monoisotopic (exact) mass is 241 g/mol. The smallest absolute Gasteiger partial charge is 0.120 e. The first-order chi connectivity index (χ1) is 8.79. The number of ether oxygens (including phenoxy) is 1. The molecule has 18 heavy (non-hydrogen) atoms. The van der Waals surface area contributed by atoms with Gasteiger partial charge in [-0.15, -0.1) is 0 Å². The molecule has 0 unspecified atom stereocenters. The van der Waals surface area contributed by atoms with Crippen LogP contribution in [0.3, 0.4) is 0 Å². The van der Waals surface area contributed by atoms with E-state index in [0.717, 1.165) is 24.5 Å². The van der Waals surface area contributed by atoms with Crippen LogP contribution in [0.4, 0.5) is 0 Å². The lowest BCUT2D eigenvalue weighted by molar-refractivity contribution is 0.301. The molecule has 1 aromatic carbocycles. The molecule has 0 fully saturated rings. The Bertz CT molecular complexity index is 554. The number of benzene rings is 1. The minimum absolute atomic E-state index is 0.623. The van der Waals surface area contributed by atoms with Crippen LogP contribution in [-0.4, -0.2) is 16.2 Å². The van der Waals surface area contributed by atoms with Crippen molar-refractivity contribution in [3.05, 3.63) is 48.0 Å². The number of nitrogens with zero attached hydrogens (tertiary/aromatic N) is 3. The zero-order valence-electron chi connectivity index (χ0n) is 10.3. The van der Waals surface area contributed by atoms with E-state index in [4.69, 9.17) is 10.00 Å². The van der Waals surface area contributed by atoms with Gasteiger partial charge in [0.15, 0.2) is 0 Å². The maximum absolute atomic E-state index is 8.77. The van der Waals surface area contributed by atoms with E-state index in [1.54, 1.807) is 18.3 Å². The third-order valence-corrected chi connectivity index (χ3v) is 2.70. The highest BCUT2D eigenvalue weighted by atomic mass is 16.5. The first-order valence-corrected chi connectivity index (χ1v) is 5.90. The van der Waals surface area contributed by atoms with Crippen molar-refractivity contribution in [1.29, 1.82) is 5.26 Å². The van der Waals surface area contributed by atoms with Gasteiger partial charge in [0.25, 0.3) is 0 Å². The largest absolute Gasteiger partial charge is 0.493 e. The molecule has 0 N–H and O–H groups in total. The molecule has 0 atom stereocenters. The Morgan fingerprint density at radius 3 is 3.06 bits per heavy atom. The van der Waals surface area contributed by atoms with E-state index in [-0.39, 0.29) is 0 Å². The Kier molecular flexibility index (Phi) is 3.98. The van der Waals surface area contributed by atoms with Crippen molar-refractivity contribution in [2.75, 3.05) is 6.61 Å². The minimum Gasteiger partial charge on any atom is -0.493 e. The number of hydrogen-bond donors (Lipinski definition) is 0. The summed E-state index contributed by atoms with van der Waals surface area (Å²) in [5.74, 6) is 1.76. The van der Waals surface area contributed by atoms with Crippen LogP contribution in [0.2, 0.25) is 0 Å². The third kappa shape index (κ3) is 3.11. The maximum atomic E-state index is 8.77. The van der Waals surface area contributed by atoms with Crippen molar-refractivity contribution in [2.45, 2.75) is 19.9 Å². The highest BCUT2D eigenvalue weighted by Gasteiger charge is 1.98. The number of hydrogen-bond acceptors (Lipinski definition) is 3. The number of nitriles is 1. The van der Waals surface area contributed by atoms with Crippen LogP contribution in [0.25, 0.3) is 0 Å².